The summed E-state index contributed by atoms with van der Waals surface area (Å²) < 4.78 is 0. The maximum Gasteiger partial charge on any atom is 0.303 e. The van der Waals surface area contributed by atoms with E-state index in [1.807, 2.05) is 26.0 Å². The van der Waals surface area contributed by atoms with Crippen LogP contribution in [0.4, 0.5) is 0 Å². The molecule has 2 N–H and O–H groups in total. The average molecular weight is 208 g/mol. The lowest BCUT2D eigenvalue weighted by Gasteiger charge is -2.08. The number of aromatic hydroxyl groups is 1. The molecule has 0 atom stereocenters. The molecule has 1 rings (SSSR count). The van der Waals surface area contributed by atoms with Gasteiger partial charge in [0.05, 0.1) is 0 Å². The highest BCUT2D eigenvalue weighted by molar-refractivity contribution is 5.66. The Morgan fingerprint density at radius 1 is 1.33 bits per heavy atom. The van der Waals surface area contributed by atoms with Gasteiger partial charge in [-0.25, -0.2) is 0 Å². The predicted octanol–water partition coefficient (Wildman–Crippen LogP) is 2.42. The molecule has 82 valence electrons. The zero-order chi connectivity index (χ0) is 11.4. The maximum absolute atomic E-state index is 10.3. The summed E-state index contributed by atoms with van der Waals surface area (Å²) in [6.45, 7) is 3.81. The molecule has 0 unspecified atom stereocenters. The molecule has 1 aromatic rings. The molecular weight excluding hydrogens is 192 g/mol. The van der Waals surface area contributed by atoms with Crippen LogP contribution >= 0.6 is 0 Å². The van der Waals surface area contributed by atoms with E-state index in [1.165, 1.54) is 0 Å². The smallest absolute Gasteiger partial charge is 0.303 e. The molecule has 3 nitrogen and oxygen atoms in total. The van der Waals surface area contributed by atoms with Crippen LogP contribution in [0, 0.1) is 13.8 Å². The number of aryl methyl sites for hydroxylation is 2. The van der Waals surface area contributed by atoms with Crippen LogP contribution in [-0.2, 0) is 11.2 Å². The van der Waals surface area contributed by atoms with E-state index in [9.17, 15) is 9.90 Å². The summed E-state index contributed by atoms with van der Waals surface area (Å²) in [5.74, 6) is -0.487. The van der Waals surface area contributed by atoms with Gasteiger partial charge in [0.15, 0.2) is 0 Å². The van der Waals surface area contributed by atoms with Crippen LogP contribution < -0.4 is 0 Å². The zero-order valence-electron chi connectivity index (χ0n) is 9.08. The second kappa shape index (κ2) is 4.82. The van der Waals surface area contributed by atoms with Crippen molar-refractivity contribution in [2.75, 3.05) is 0 Å². The molecule has 1 aromatic carbocycles. The van der Waals surface area contributed by atoms with E-state index in [2.05, 4.69) is 0 Å². The molecular formula is C12H16O3. The van der Waals surface area contributed by atoms with Crippen molar-refractivity contribution in [3.8, 4) is 5.75 Å². The van der Waals surface area contributed by atoms with Crippen molar-refractivity contribution in [2.45, 2.75) is 33.1 Å². The highest BCUT2D eigenvalue weighted by Gasteiger charge is 2.07. The number of carbonyl (C=O) groups is 1. The number of phenols is 1. The van der Waals surface area contributed by atoms with Crippen LogP contribution in [0.1, 0.15) is 29.5 Å². The van der Waals surface area contributed by atoms with E-state index in [0.29, 0.717) is 18.6 Å². The molecule has 0 saturated heterocycles. The fraction of sp³-hybridized carbons (Fsp3) is 0.417. The van der Waals surface area contributed by atoms with E-state index in [0.717, 1.165) is 16.7 Å². The Balaban J connectivity index is 2.70. The Morgan fingerprint density at radius 2 is 2.00 bits per heavy atom. The van der Waals surface area contributed by atoms with Gasteiger partial charge in [0, 0.05) is 6.42 Å². The van der Waals surface area contributed by atoms with E-state index in [-0.39, 0.29) is 6.42 Å². The molecule has 0 spiro atoms. The van der Waals surface area contributed by atoms with Crippen molar-refractivity contribution in [1.29, 1.82) is 0 Å². The molecule has 0 radical (unpaired) electrons. The number of rotatable bonds is 4. The monoisotopic (exact) mass is 208 g/mol. The van der Waals surface area contributed by atoms with Crippen LogP contribution in [0.2, 0.25) is 0 Å². The van der Waals surface area contributed by atoms with Gasteiger partial charge in [0.1, 0.15) is 5.75 Å². The third-order valence-electron chi connectivity index (χ3n) is 2.62. The van der Waals surface area contributed by atoms with Gasteiger partial charge >= 0.3 is 5.97 Å². The summed E-state index contributed by atoms with van der Waals surface area (Å²) in [5.41, 5.74) is 2.76. The van der Waals surface area contributed by atoms with Crippen molar-refractivity contribution in [1.82, 2.24) is 0 Å². The second-order valence-electron chi connectivity index (χ2n) is 3.76. The Hall–Kier alpha value is -1.51. The van der Waals surface area contributed by atoms with E-state index in [1.54, 1.807) is 0 Å². The second-order valence-corrected chi connectivity index (χ2v) is 3.76. The van der Waals surface area contributed by atoms with Crippen LogP contribution in [-0.4, -0.2) is 16.2 Å². The molecule has 0 aliphatic rings. The highest BCUT2D eigenvalue weighted by atomic mass is 16.4. The topological polar surface area (TPSA) is 57.5 Å². The third-order valence-corrected chi connectivity index (χ3v) is 2.62. The van der Waals surface area contributed by atoms with Gasteiger partial charge in [-0.3, -0.25) is 4.79 Å². The number of benzene rings is 1. The van der Waals surface area contributed by atoms with Crippen molar-refractivity contribution in [3.05, 3.63) is 28.8 Å². The zero-order valence-corrected chi connectivity index (χ0v) is 9.08. The van der Waals surface area contributed by atoms with E-state index < -0.39 is 5.97 Å². The van der Waals surface area contributed by atoms with Gasteiger partial charge in [-0.15, -0.1) is 0 Å². The molecule has 3 heteroatoms. The molecule has 0 fully saturated rings. The lowest BCUT2D eigenvalue weighted by molar-refractivity contribution is -0.137. The summed E-state index contributed by atoms with van der Waals surface area (Å²) in [6, 6.07) is 3.81. The molecule has 0 bridgehead atoms. The normalized spacial score (nSPS) is 10.3. The maximum atomic E-state index is 10.3. The van der Waals surface area contributed by atoms with E-state index in [4.69, 9.17) is 5.11 Å². The summed E-state index contributed by atoms with van der Waals surface area (Å²) in [5, 5.41) is 18.3. The van der Waals surface area contributed by atoms with Crippen LogP contribution in [0.25, 0.3) is 0 Å². The Labute approximate surface area is 89.4 Å². The van der Waals surface area contributed by atoms with Crippen molar-refractivity contribution in [3.63, 3.8) is 0 Å². The van der Waals surface area contributed by atoms with Gasteiger partial charge < -0.3 is 10.2 Å². The largest absolute Gasteiger partial charge is 0.507 e. The first kappa shape index (κ1) is 11.6. The molecule has 0 aromatic heterocycles. The number of carboxylic acid groups (broad SMARTS) is 1. The Morgan fingerprint density at radius 3 is 2.60 bits per heavy atom. The Bertz CT molecular complexity index is 369. The van der Waals surface area contributed by atoms with Gasteiger partial charge in [0.25, 0.3) is 0 Å². The summed E-state index contributed by atoms with van der Waals surface area (Å²) in [6.07, 6.45) is 1.32. The minimum absolute atomic E-state index is 0.145. The molecule has 0 amide bonds. The first-order valence-corrected chi connectivity index (χ1v) is 5.02. The standard InChI is InChI=1S/C12H16O3/c1-8-6-7-10(12(15)9(8)2)4-3-5-11(13)14/h6-7,15H,3-5H2,1-2H3,(H,13,14). The third kappa shape index (κ3) is 2.98. The van der Waals surface area contributed by atoms with E-state index >= 15 is 0 Å². The van der Waals surface area contributed by atoms with Gasteiger partial charge in [-0.2, -0.15) is 0 Å². The first-order valence-electron chi connectivity index (χ1n) is 5.02. The van der Waals surface area contributed by atoms with Gasteiger partial charge in [-0.1, -0.05) is 12.1 Å². The van der Waals surface area contributed by atoms with Gasteiger partial charge in [0.2, 0.25) is 0 Å². The van der Waals surface area contributed by atoms with Crippen LogP contribution in [0.3, 0.4) is 0 Å². The quantitative estimate of drug-likeness (QED) is 0.798. The van der Waals surface area contributed by atoms with Crippen molar-refractivity contribution < 1.29 is 15.0 Å². The average Bonchev–Trinajstić information content (AvgIpc) is 2.18. The van der Waals surface area contributed by atoms with Gasteiger partial charge in [-0.05, 0) is 43.4 Å². The first-order chi connectivity index (χ1) is 7.02. The summed E-state index contributed by atoms with van der Waals surface area (Å²) in [4.78, 5) is 10.3. The molecule has 0 saturated carbocycles. The predicted molar refractivity (Wildman–Crippen MR) is 58.2 cm³/mol. The number of carboxylic acids is 1. The SMILES string of the molecule is Cc1ccc(CCCC(=O)O)c(O)c1C. The fourth-order valence-corrected chi connectivity index (χ4v) is 1.49. The highest BCUT2D eigenvalue weighted by Crippen LogP contribution is 2.25. The number of hydrogen-bond donors (Lipinski definition) is 2. The molecule has 15 heavy (non-hydrogen) atoms. The molecule has 0 aliphatic heterocycles. The van der Waals surface area contributed by atoms with Crippen molar-refractivity contribution >= 4 is 5.97 Å². The summed E-state index contributed by atoms with van der Waals surface area (Å²) >= 11 is 0. The molecule has 0 heterocycles. The van der Waals surface area contributed by atoms with Crippen LogP contribution in [0.15, 0.2) is 12.1 Å². The lowest BCUT2D eigenvalue weighted by atomic mass is 10.0. The Kier molecular flexibility index (Phi) is 3.72. The lowest BCUT2D eigenvalue weighted by Crippen LogP contribution is -1.97. The number of hydrogen-bond acceptors (Lipinski definition) is 2. The van der Waals surface area contributed by atoms with Crippen LogP contribution in [0.5, 0.6) is 5.75 Å². The minimum atomic E-state index is -0.793. The molecule has 0 aliphatic carbocycles. The summed E-state index contributed by atoms with van der Waals surface area (Å²) in [7, 11) is 0. The number of phenolic OH excluding ortho intramolecular Hbond substituents is 1. The number of aliphatic carboxylic acids is 1. The minimum Gasteiger partial charge on any atom is -0.507 e. The fourth-order valence-electron chi connectivity index (χ4n) is 1.49. The van der Waals surface area contributed by atoms with Crippen molar-refractivity contribution in [2.24, 2.45) is 0 Å².